The fourth-order valence-electron chi connectivity index (χ4n) is 5.59. The summed E-state index contributed by atoms with van der Waals surface area (Å²) in [5.74, 6) is -0.419. The smallest absolute Gasteiger partial charge is 0.378 e. The number of allylic oxidation sites excluding steroid dienone is 1. The number of benzene rings is 2. The Bertz CT molecular complexity index is 1470. The molecule has 0 saturated heterocycles. The average molecular weight is 565 g/mol. The molecule has 0 spiro atoms. The first-order valence-corrected chi connectivity index (χ1v) is 13.7. The Morgan fingerprint density at radius 2 is 1.61 bits per heavy atom. The first-order chi connectivity index (χ1) is 19.4. The molecule has 1 amide bonds. The minimum absolute atomic E-state index is 0.0188. The van der Waals surface area contributed by atoms with Gasteiger partial charge in [-0.15, -0.1) is 0 Å². The van der Waals surface area contributed by atoms with E-state index in [0.717, 1.165) is 63.8 Å². The van der Waals surface area contributed by atoms with E-state index < -0.39 is 17.8 Å². The summed E-state index contributed by atoms with van der Waals surface area (Å²) in [6.07, 6.45) is 0.207. The second-order valence-corrected chi connectivity index (χ2v) is 11.1. The number of hydrogen-bond acceptors (Lipinski definition) is 5. The molecule has 2 heterocycles. The van der Waals surface area contributed by atoms with Crippen molar-refractivity contribution in [3.05, 3.63) is 82.7 Å². The van der Waals surface area contributed by atoms with Crippen LogP contribution in [0.2, 0.25) is 0 Å². The number of aryl methyl sites for hydroxylation is 1. The van der Waals surface area contributed by atoms with Crippen molar-refractivity contribution in [3.63, 3.8) is 0 Å². The number of anilines is 2. The van der Waals surface area contributed by atoms with Crippen LogP contribution in [0.4, 0.5) is 24.5 Å². The van der Waals surface area contributed by atoms with Gasteiger partial charge < -0.3 is 9.80 Å². The molecule has 0 N–H and O–H groups in total. The molecule has 1 aromatic heterocycles. The fraction of sp³-hybridized carbons (Fsp3) is 0.387. The summed E-state index contributed by atoms with van der Waals surface area (Å²) in [6.45, 7) is 1.19. The number of carbonyl (C=O) groups is 1. The van der Waals surface area contributed by atoms with E-state index in [1.54, 1.807) is 0 Å². The second kappa shape index (κ2) is 11.1. The average Bonchev–Trinajstić information content (AvgIpc) is 3.50. The zero-order valence-corrected chi connectivity index (χ0v) is 24.0. The van der Waals surface area contributed by atoms with Crippen LogP contribution >= 0.6 is 0 Å². The van der Waals surface area contributed by atoms with Crippen molar-refractivity contribution >= 4 is 29.1 Å². The van der Waals surface area contributed by atoms with Gasteiger partial charge in [-0.25, -0.2) is 5.01 Å². The Balaban J connectivity index is 1.51. The quantitative estimate of drug-likeness (QED) is 0.360. The maximum Gasteiger partial charge on any atom is 0.435 e. The molecular weight excluding hydrogens is 529 g/mol. The van der Waals surface area contributed by atoms with Gasteiger partial charge in [-0.1, -0.05) is 24.3 Å². The van der Waals surface area contributed by atoms with E-state index in [4.69, 9.17) is 5.10 Å². The molecule has 1 fully saturated rings. The minimum Gasteiger partial charge on any atom is -0.378 e. The van der Waals surface area contributed by atoms with Crippen LogP contribution in [0.25, 0.3) is 6.08 Å². The number of fused-ring (bicyclic) bond motifs is 1. The monoisotopic (exact) mass is 564 g/mol. The van der Waals surface area contributed by atoms with Crippen molar-refractivity contribution < 1.29 is 18.0 Å². The van der Waals surface area contributed by atoms with Crippen molar-refractivity contribution in [3.8, 4) is 0 Å². The summed E-state index contributed by atoms with van der Waals surface area (Å²) in [5.41, 5.74) is 5.34. The highest BCUT2D eigenvalue weighted by atomic mass is 19.4. The largest absolute Gasteiger partial charge is 0.435 e. The van der Waals surface area contributed by atoms with Crippen LogP contribution in [0.5, 0.6) is 0 Å². The zero-order valence-electron chi connectivity index (χ0n) is 24.0. The third-order valence-electron chi connectivity index (χ3n) is 7.82. The summed E-state index contributed by atoms with van der Waals surface area (Å²) in [6, 6.07) is 16.9. The number of carbonyl (C=O) groups excluding carboxylic acids is 1. The molecule has 1 aliphatic heterocycles. The maximum absolute atomic E-state index is 13.7. The first kappa shape index (κ1) is 28.4. The van der Waals surface area contributed by atoms with Crippen LogP contribution < -0.4 is 9.80 Å². The predicted molar refractivity (Wildman–Crippen MR) is 156 cm³/mol. The van der Waals surface area contributed by atoms with Gasteiger partial charge in [0.05, 0.1) is 11.8 Å². The number of hydrazone groups is 1. The Morgan fingerprint density at radius 3 is 2.17 bits per heavy atom. The summed E-state index contributed by atoms with van der Waals surface area (Å²) >= 11 is 0. The van der Waals surface area contributed by atoms with Gasteiger partial charge in [-0.2, -0.15) is 23.4 Å². The van der Waals surface area contributed by atoms with E-state index in [1.807, 2.05) is 62.3 Å². The summed E-state index contributed by atoms with van der Waals surface area (Å²) in [5, 5.41) is 10.0. The van der Waals surface area contributed by atoms with Crippen LogP contribution in [-0.4, -0.2) is 54.6 Å². The molecule has 3 aromatic rings. The predicted octanol–water partition coefficient (Wildman–Crippen LogP) is 6.17. The molecule has 0 radical (unpaired) electrons. The summed E-state index contributed by atoms with van der Waals surface area (Å²) in [7, 11) is 7.93. The lowest BCUT2D eigenvalue weighted by atomic mass is 9.77. The molecule has 2 aliphatic rings. The van der Waals surface area contributed by atoms with Gasteiger partial charge in [0.1, 0.15) is 6.54 Å². The number of halogens is 3. The van der Waals surface area contributed by atoms with Gasteiger partial charge in [0.2, 0.25) is 0 Å². The zero-order chi connectivity index (χ0) is 29.5. The standard InChI is InChI=1S/C31H35F3N6O/c1-20-17-27(31(32,33)34)35-39(20)19-28(41)40-30(22-11-15-25(16-12-22)38(4)5)26-8-6-7-23(29(26)36-40)18-21-9-13-24(14-10-21)37(2)3/h9-18,26,30H,6-8,19H2,1-5H3/b23-18+. The highest BCUT2D eigenvalue weighted by Gasteiger charge is 2.44. The third kappa shape index (κ3) is 5.87. The lowest BCUT2D eigenvalue weighted by molar-refractivity contribution is -0.142. The van der Waals surface area contributed by atoms with Crippen LogP contribution in [0, 0.1) is 12.8 Å². The topological polar surface area (TPSA) is 57.0 Å². The Kier molecular flexibility index (Phi) is 7.68. The second-order valence-electron chi connectivity index (χ2n) is 11.1. The van der Waals surface area contributed by atoms with E-state index in [9.17, 15) is 18.0 Å². The molecule has 2 unspecified atom stereocenters. The van der Waals surface area contributed by atoms with Crippen molar-refractivity contribution in [2.24, 2.45) is 11.0 Å². The number of hydrogen-bond donors (Lipinski definition) is 0. The number of aromatic nitrogens is 2. The van der Waals surface area contributed by atoms with Crippen LogP contribution in [0.3, 0.4) is 0 Å². The van der Waals surface area contributed by atoms with Crippen molar-refractivity contribution in [2.75, 3.05) is 38.0 Å². The maximum atomic E-state index is 13.7. The fourth-order valence-corrected chi connectivity index (χ4v) is 5.59. The van der Waals surface area contributed by atoms with Gasteiger partial charge >= 0.3 is 6.18 Å². The number of alkyl halides is 3. The van der Waals surface area contributed by atoms with Gasteiger partial charge in [0, 0.05) is 51.2 Å². The van der Waals surface area contributed by atoms with Gasteiger partial charge in [0.15, 0.2) is 5.69 Å². The third-order valence-corrected chi connectivity index (χ3v) is 7.82. The molecule has 7 nitrogen and oxygen atoms in total. The molecule has 41 heavy (non-hydrogen) atoms. The Hall–Kier alpha value is -4.08. The molecule has 0 bridgehead atoms. The normalized spacial score (nSPS) is 19.8. The lowest BCUT2D eigenvalue weighted by Gasteiger charge is -2.30. The SMILES string of the molecule is Cc1cc(C(F)(F)F)nn1CC(=O)N1N=C2/C(=C/c3ccc(N(C)C)cc3)CCCC2C1c1ccc(N(C)C)cc1. The van der Waals surface area contributed by atoms with E-state index in [2.05, 4.69) is 35.4 Å². The Labute approximate surface area is 238 Å². The van der Waals surface area contributed by atoms with Gasteiger partial charge in [-0.3, -0.25) is 9.48 Å². The van der Waals surface area contributed by atoms with Crippen molar-refractivity contribution in [2.45, 2.75) is 44.9 Å². The molecule has 1 saturated carbocycles. The van der Waals surface area contributed by atoms with Crippen LogP contribution in [0.1, 0.15) is 47.8 Å². The highest BCUT2D eigenvalue weighted by Crippen LogP contribution is 2.45. The van der Waals surface area contributed by atoms with Crippen LogP contribution in [-0.2, 0) is 17.5 Å². The highest BCUT2D eigenvalue weighted by molar-refractivity contribution is 6.08. The summed E-state index contributed by atoms with van der Waals surface area (Å²) < 4.78 is 40.9. The van der Waals surface area contributed by atoms with E-state index in [1.165, 1.54) is 11.9 Å². The molecule has 2 atom stereocenters. The van der Waals surface area contributed by atoms with Gasteiger partial charge in [0.25, 0.3) is 5.91 Å². The Morgan fingerprint density at radius 1 is 1.00 bits per heavy atom. The molecule has 5 rings (SSSR count). The molecule has 2 aromatic carbocycles. The van der Waals surface area contributed by atoms with Gasteiger partial charge in [-0.05, 0) is 79.3 Å². The molecule has 216 valence electrons. The number of amides is 1. The first-order valence-electron chi connectivity index (χ1n) is 13.7. The van der Waals surface area contributed by atoms with E-state index in [0.29, 0.717) is 0 Å². The molecule has 10 heteroatoms. The van der Waals surface area contributed by atoms with Crippen molar-refractivity contribution in [1.82, 2.24) is 14.8 Å². The van der Waals surface area contributed by atoms with E-state index in [-0.39, 0.29) is 24.2 Å². The molecule has 1 aliphatic carbocycles. The lowest BCUT2D eigenvalue weighted by Crippen LogP contribution is -2.34. The molecular formula is C31H35F3N6O. The van der Waals surface area contributed by atoms with E-state index >= 15 is 0 Å². The van der Waals surface area contributed by atoms with Crippen molar-refractivity contribution in [1.29, 1.82) is 0 Å². The minimum atomic E-state index is -4.58. The summed E-state index contributed by atoms with van der Waals surface area (Å²) in [4.78, 5) is 17.8. The number of nitrogens with zero attached hydrogens (tertiary/aromatic N) is 6. The number of rotatable bonds is 6. The van der Waals surface area contributed by atoms with Crippen LogP contribution in [0.15, 0.2) is 65.3 Å².